The number of benzene rings is 1. The molecular formula is C14H21N. The summed E-state index contributed by atoms with van der Waals surface area (Å²) in [6.45, 7) is 4.79. The van der Waals surface area contributed by atoms with E-state index in [4.69, 9.17) is 5.73 Å². The smallest absolute Gasteiger partial charge is 0.0314 e. The molecule has 82 valence electrons. The van der Waals surface area contributed by atoms with Crippen LogP contribution in [0.25, 0.3) is 0 Å². The Balaban J connectivity index is 2.30. The summed E-state index contributed by atoms with van der Waals surface area (Å²) in [6, 6.07) is 8.47. The summed E-state index contributed by atoms with van der Waals surface area (Å²) in [5, 5.41) is 0. The number of hydrogen-bond donors (Lipinski definition) is 1. The Kier molecular flexibility index (Phi) is 2.72. The third-order valence-electron chi connectivity index (χ3n) is 4.24. The lowest BCUT2D eigenvalue weighted by atomic mass is 9.64. The number of hydrogen-bond acceptors (Lipinski definition) is 1. The van der Waals surface area contributed by atoms with Crippen LogP contribution in [0.1, 0.15) is 45.1 Å². The molecule has 1 heteroatoms. The second-order valence-electron chi connectivity index (χ2n) is 5.19. The maximum absolute atomic E-state index is 5.73. The molecule has 1 aromatic rings. The molecule has 1 aliphatic rings. The van der Waals surface area contributed by atoms with Gasteiger partial charge in [-0.2, -0.15) is 0 Å². The van der Waals surface area contributed by atoms with Gasteiger partial charge in [0.1, 0.15) is 0 Å². The highest BCUT2D eigenvalue weighted by Gasteiger charge is 2.34. The highest BCUT2D eigenvalue weighted by atomic mass is 14.5. The lowest BCUT2D eigenvalue weighted by molar-refractivity contribution is 0.221. The van der Waals surface area contributed by atoms with E-state index in [0.29, 0.717) is 5.41 Å². The first-order chi connectivity index (χ1) is 7.13. The summed E-state index contributed by atoms with van der Waals surface area (Å²) in [7, 11) is 0. The van der Waals surface area contributed by atoms with E-state index >= 15 is 0 Å². The molecule has 2 rings (SSSR count). The minimum absolute atomic E-state index is 0.367. The van der Waals surface area contributed by atoms with E-state index in [-0.39, 0.29) is 0 Å². The molecule has 2 atom stereocenters. The lowest BCUT2D eigenvalue weighted by Crippen LogP contribution is -2.33. The second kappa shape index (κ2) is 3.88. The van der Waals surface area contributed by atoms with Crippen molar-refractivity contribution in [3.05, 3.63) is 29.8 Å². The van der Waals surface area contributed by atoms with E-state index in [9.17, 15) is 0 Å². The van der Waals surface area contributed by atoms with Crippen molar-refractivity contribution in [2.75, 3.05) is 5.73 Å². The molecule has 0 aliphatic heterocycles. The number of nitrogen functional groups attached to an aromatic ring is 1. The fourth-order valence-corrected chi connectivity index (χ4v) is 2.80. The normalized spacial score (nSPS) is 31.5. The SMILES string of the molecule is CC1CCCCC1(C)c1ccc(N)cc1. The Morgan fingerprint density at radius 1 is 1.20 bits per heavy atom. The minimum atomic E-state index is 0.367. The van der Waals surface area contributed by atoms with E-state index in [2.05, 4.69) is 26.0 Å². The Bertz CT molecular complexity index is 328. The molecule has 0 saturated heterocycles. The van der Waals surface area contributed by atoms with Gasteiger partial charge in [-0.1, -0.05) is 38.8 Å². The summed E-state index contributed by atoms with van der Waals surface area (Å²) < 4.78 is 0. The van der Waals surface area contributed by atoms with E-state index in [1.54, 1.807) is 0 Å². The van der Waals surface area contributed by atoms with E-state index in [0.717, 1.165) is 11.6 Å². The van der Waals surface area contributed by atoms with Crippen LogP contribution in [0.2, 0.25) is 0 Å². The van der Waals surface area contributed by atoms with Gasteiger partial charge < -0.3 is 5.73 Å². The van der Waals surface area contributed by atoms with Crippen LogP contribution < -0.4 is 5.73 Å². The molecule has 0 radical (unpaired) electrons. The van der Waals surface area contributed by atoms with Gasteiger partial charge in [-0.25, -0.2) is 0 Å². The molecule has 1 nitrogen and oxygen atoms in total. The molecule has 1 saturated carbocycles. The molecule has 1 fully saturated rings. The Morgan fingerprint density at radius 2 is 1.87 bits per heavy atom. The Labute approximate surface area is 92.7 Å². The summed E-state index contributed by atoms with van der Waals surface area (Å²) in [6.07, 6.45) is 5.44. The van der Waals surface area contributed by atoms with Gasteiger partial charge in [-0.05, 0) is 41.9 Å². The van der Waals surface area contributed by atoms with Gasteiger partial charge in [0, 0.05) is 5.69 Å². The predicted molar refractivity (Wildman–Crippen MR) is 65.8 cm³/mol. The van der Waals surface area contributed by atoms with Crippen LogP contribution in [0, 0.1) is 5.92 Å². The van der Waals surface area contributed by atoms with Crippen LogP contribution in [-0.2, 0) is 5.41 Å². The second-order valence-corrected chi connectivity index (χ2v) is 5.19. The number of nitrogens with two attached hydrogens (primary N) is 1. The number of anilines is 1. The predicted octanol–water partition coefficient (Wildman–Crippen LogP) is 3.74. The minimum Gasteiger partial charge on any atom is -0.399 e. The average molecular weight is 203 g/mol. The van der Waals surface area contributed by atoms with Crippen LogP contribution in [0.4, 0.5) is 5.69 Å². The van der Waals surface area contributed by atoms with Gasteiger partial charge in [0.25, 0.3) is 0 Å². The van der Waals surface area contributed by atoms with E-state index in [1.165, 1.54) is 31.2 Å². The fraction of sp³-hybridized carbons (Fsp3) is 0.571. The molecule has 0 bridgehead atoms. The zero-order valence-corrected chi connectivity index (χ0v) is 9.79. The van der Waals surface area contributed by atoms with Gasteiger partial charge in [-0.15, -0.1) is 0 Å². The van der Waals surface area contributed by atoms with Gasteiger partial charge in [0.05, 0.1) is 0 Å². The molecule has 0 aromatic heterocycles. The Hall–Kier alpha value is -0.980. The summed E-state index contributed by atoms with van der Waals surface area (Å²) in [5.74, 6) is 0.787. The van der Waals surface area contributed by atoms with Crippen molar-refractivity contribution < 1.29 is 0 Å². The fourth-order valence-electron chi connectivity index (χ4n) is 2.80. The summed E-state index contributed by atoms with van der Waals surface area (Å²) >= 11 is 0. The third kappa shape index (κ3) is 1.88. The van der Waals surface area contributed by atoms with Crippen LogP contribution in [-0.4, -0.2) is 0 Å². The topological polar surface area (TPSA) is 26.0 Å². The largest absolute Gasteiger partial charge is 0.399 e. The van der Waals surface area contributed by atoms with Crippen LogP contribution in [0.15, 0.2) is 24.3 Å². The van der Waals surface area contributed by atoms with Gasteiger partial charge in [0.15, 0.2) is 0 Å². The van der Waals surface area contributed by atoms with Gasteiger partial charge in [-0.3, -0.25) is 0 Å². The highest BCUT2D eigenvalue weighted by Crippen LogP contribution is 2.43. The molecule has 0 amide bonds. The molecule has 2 N–H and O–H groups in total. The monoisotopic (exact) mass is 203 g/mol. The van der Waals surface area contributed by atoms with E-state index < -0.39 is 0 Å². The molecule has 0 spiro atoms. The lowest BCUT2D eigenvalue weighted by Gasteiger charge is -2.40. The standard InChI is InChI=1S/C14H21N/c1-11-5-3-4-10-14(11,2)12-6-8-13(15)9-7-12/h6-9,11H,3-5,10,15H2,1-2H3. The van der Waals surface area contributed by atoms with Crippen LogP contribution in [0.3, 0.4) is 0 Å². The molecule has 1 aromatic carbocycles. The van der Waals surface area contributed by atoms with Crippen molar-refractivity contribution in [1.82, 2.24) is 0 Å². The van der Waals surface area contributed by atoms with Crippen molar-refractivity contribution in [3.63, 3.8) is 0 Å². The zero-order chi connectivity index (χ0) is 10.9. The van der Waals surface area contributed by atoms with Crippen molar-refractivity contribution in [1.29, 1.82) is 0 Å². The van der Waals surface area contributed by atoms with Crippen LogP contribution >= 0.6 is 0 Å². The number of rotatable bonds is 1. The third-order valence-corrected chi connectivity index (χ3v) is 4.24. The van der Waals surface area contributed by atoms with Crippen molar-refractivity contribution in [2.45, 2.75) is 44.9 Å². The zero-order valence-electron chi connectivity index (χ0n) is 9.79. The van der Waals surface area contributed by atoms with Gasteiger partial charge in [0.2, 0.25) is 0 Å². The first-order valence-electron chi connectivity index (χ1n) is 5.99. The molecular weight excluding hydrogens is 182 g/mol. The molecule has 2 unspecified atom stereocenters. The van der Waals surface area contributed by atoms with Crippen LogP contribution in [0.5, 0.6) is 0 Å². The van der Waals surface area contributed by atoms with E-state index in [1.807, 2.05) is 12.1 Å². The maximum Gasteiger partial charge on any atom is 0.0314 e. The first kappa shape index (κ1) is 10.5. The summed E-state index contributed by atoms with van der Waals surface area (Å²) in [5.41, 5.74) is 8.43. The molecule has 1 aliphatic carbocycles. The first-order valence-corrected chi connectivity index (χ1v) is 5.99. The highest BCUT2D eigenvalue weighted by molar-refractivity contribution is 5.41. The van der Waals surface area contributed by atoms with Crippen molar-refractivity contribution in [2.24, 2.45) is 5.92 Å². The van der Waals surface area contributed by atoms with Gasteiger partial charge >= 0.3 is 0 Å². The molecule has 15 heavy (non-hydrogen) atoms. The van der Waals surface area contributed by atoms with Crippen molar-refractivity contribution in [3.8, 4) is 0 Å². The summed E-state index contributed by atoms with van der Waals surface area (Å²) in [4.78, 5) is 0. The quantitative estimate of drug-likeness (QED) is 0.691. The Morgan fingerprint density at radius 3 is 2.47 bits per heavy atom. The average Bonchev–Trinajstić information content (AvgIpc) is 2.23. The maximum atomic E-state index is 5.73. The van der Waals surface area contributed by atoms with Crippen molar-refractivity contribution >= 4 is 5.69 Å². The molecule has 0 heterocycles.